The van der Waals surface area contributed by atoms with Gasteiger partial charge in [0.05, 0.1) is 5.69 Å². The van der Waals surface area contributed by atoms with Gasteiger partial charge in [-0.05, 0) is 42.3 Å². The Labute approximate surface area is 132 Å². The summed E-state index contributed by atoms with van der Waals surface area (Å²) in [5.41, 5.74) is 2.39. The summed E-state index contributed by atoms with van der Waals surface area (Å²) in [6.45, 7) is 1.89. The molecule has 2 aromatic carbocycles. The highest BCUT2D eigenvalue weighted by Gasteiger charge is 2.24. The summed E-state index contributed by atoms with van der Waals surface area (Å²) in [6, 6.07) is 11.2. The highest BCUT2D eigenvalue weighted by molar-refractivity contribution is 8.14. The Hall–Kier alpha value is -1.86. The smallest absolute Gasteiger partial charge is 0.286 e. The minimum absolute atomic E-state index is 0.184. The van der Waals surface area contributed by atoms with Crippen LogP contribution >= 0.6 is 11.8 Å². The Morgan fingerprint density at radius 1 is 1.18 bits per heavy atom. The maximum Gasteiger partial charge on any atom is 0.286 e. The van der Waals surface area contributed by atoms with Crippen molar-refractivity contribution in [1.82, 2.24) is 0 Å². The number of benzene rings is 2. The molecule has 0 aromatic heterocycles. The standard InChI is InChI=1S/C15H13FN2O2S2/c1-10-2-7-14-13(8-10)17-15(18-22(14,19)20)21-9-11-3-5-12(16)6-4-11/h2-8H,9H2,1H3,(H,17,18). The van der Waals surface area contributed by atoms with E-state index in [1.165, 1.54) is 23.9 Å². The molecule has 0 unspecified atom stereocenters. The summed E-state index contributed by atoms with van der Waals surface area (Å²) in [5, 5.41) is 3.36. The quantitative estimate of drug-likeness (QED) is 0.911. The first kappa shape index (κ1) is 15.1. The van der Waals surface area contributed by atoms with E-state index in [1.54, 1.807) is 30.3 Å². The fraction of sp³-hybridized carbons (Fsp3) is 0.133. The van der Waals surface area contributed by atoms with Gasteiger partial charge in [-0.3, -0.25) is 0 Å². The normalized spacial score (nSPS) is 15.6. The first-order chi connectivity index (χ1) is 10.4. The summed E-state index contributed by atoms with van der Waals surface area (Å²) >= 11 is 1.27. The molecule has 0 aliphatic carbocycles. The lowest BCUT2D eigenvalue weighted by molar-refractivity contribution is 0.598. The van der Waals surface area contributed by atoms with E-state index in [0.717, 1.165) is 11.1 Å². The average molecular weight is 336 g/mol. The van der Waals surface area contributed by atoms with Gasteiger partial charge in [0.1, 0.15) is 10.7 Å². The summed E-state index contributed by atoms with van der Waals surface area (Å²) in [4.78, 5) is 0.184. The van der Waals surface area contributed by atoms with Crippen molar-refractivity contribution in [3.8, 4) is 0 Å². The zero-order valence-electron chi connectivity index (χ0n) is 11.7. The van der Waals surface area contributed by atoms with Crippen LogP contribution in [0.3, 0.4) is 0 Å². The number of rotatable bonds is 2. The zero-order chi connectivity index (χ0) is 15.7. The topological polar surface area (TPSA) is 58.5 Å². The molecule has 0 saturated heterocycles. The number of amidine groups is 1. The lowest BCUT2D eigenvalue weighted by atomic mass is 10.2. The van der Waals surface area contributed by atoms with Crippen molar-refractivity contribution in [3.05, 3.63) is 59.4 Å². The molecule has 0 fully saturated rings. The van der Waals surface area contributed by atoms with Crippen LogP contribution in [0.25, 0.3) is 0 Å². The third-order valence-corrected chi connectivity index (χ3v) is 5.54. The molecule has 0 radical (unpaired) electrons. The molecular weight excluding hydrogens is 323 g/mol. The minimum atomic E-state index is -3.67. The molecule has 114 valence electrons. The third-order valence-electron chi connectivity index (χ3n) is 3.15. The molecule has 0 amide bonds. The van der Waals surface area contributed by atoms with Crippen molar-refractivity contribution >= 4 is 32.6 Å². The lowest BCUT2D eigenvalue weighted by Crippen LogP contribution is -2.19. The molecule has 0 bridgehead atoms. The van der Waals surface area contributed by atoms with Gasteiger partial charge in [0, 0.05) is 5.75 Å². The van der Waals surface area contributed by atoms with E-state index in [1.807, 2.05) is 6.92 Å². The van der Waals surface area contributed by atoms with E-state index >= 15 is 0 Å². The van der Waals surface area contributed by atoms with Gasteiger partial charge in [-0.25, -0.2) is 4.39 Å². The number of hydrogen-bond donors (Lipinski definition) is 1. The highest BCUT2D eigenvalue weighted by Crippen LogP contribution is 2.30. The van der Waals surface area contributed by atoms with Crippen LogP contribution < -0.4 is 5.32 Å². The molecule has 1 aliphatic rings. The van der Waals surface area contributed by atoms with Gasteiger partial charge >= 0.3 is 0 Å². The maximum atomic E-state index is 12.9. The Balaban J connectivity index is 1.81. The van der Waals surface area contributed by atoms with Crippen molar-refractivity contribution < 1.29 is 12.8 Å². The van der Waals surface area contributed by atoms with Crippen LogP contribution in [-0.2, 0) is 15.8 Å². The molecule has 3 rings (SSSR count). The molecule has 1 N–H and O–H groups in total. The van der Waals surface area contributed by atoms with Gasteiger partial charge in [-0.1, -0.05) is 30.0 Å². The van der Waals surface area contributed by atoms with Crippen LogP contribution in [0.2, 0.25) is 0 Å². The largest absolute Gasteiger partial charge is 0.333 e. The van der Waals surface area contributed by atoms with Crippen molar-refractivity contribution in [3.63, 3.8) is 0 Å². The lowest BCUT2D eigenvalue weighted by Gasteiger charge is -2.18. The average Bonchev–Trinajstić information content (AvgIpc) is 2.45. The number of nitrogens with one attached hydrogen (secondary N) is 1. The van der Waals surface area contributed by atoms with Crippen LogP contribution in [0.15, 0.2) is 51.8 Å². The van der Waals surface area contributed by atoms with Crippen molar-refractivity contribution in [2.24, 2.45) is 4.40 Å². The number of sulfonamides is 1. The van der Waals surface area contributed by atoms with E-state index in [2.05, 4.69) is 9.71 Å². The molecular formula is C15H13FN2O2S2. The van der Waals surface area contributed by atoms with E-state index in [4.69, 9.17) is 0 Å². The van der Waals surface area contributed by atoms with Crippen molar-refractivity contribution in [1.29, 1.82) is 0 Å². The van der Waals surface area contributed by atoms with Crippen LogP contribution in [0.4, 0.5) is 10.1 Å². The Morgan fingerprint density at radius 2 is 1.91 bits per heavy atom. The highest BCUT2D eigenvalue weighted by atomic mass is 32.2. The second-order valence-electron chi connectivity index (χ2n) is 4.91. The number of anilines is 1. The second-order valence-corrected chi connectivity index (χ2v) is 7.45. The first-order valence-electron chi connectivity index (χ1n) is 6.54. The second kappa shape index (κ2) is 5.73. The molecule has 1 aliphatic heterocycles. The zero-order valence-corrected chi connectivity index (χ0v) is 13.3. The molecule has 7 heteroatoms. The molecule has 4 nitrogen and oxygen atoms in total. The fourth-order valence-corrected chi connectivity index (χ4v) is 4.23. The van der Waals surface area contributed by atoms with Gasteiger partial charge in [-0.2, -0.15) is 8.42 Å². The van der Waals surface area contributed by atoms with Gasteiger partial charge < -0.3 is 5.32 Å². The van der Waals surface area contributed by atoms with Gasteiger partial charge in [0.25, 0.3) is 10.0 Å². The third kappa shape index (κ3) is 3.15. The Morgan fingerprint density at radius 3 is 2.64 bits per heavy atom. The Bertz CT molecular complexity index is 846. The number of thioether (sulfide) groups is 1. The minimum Gasteiger partial charge on any atom is -0.333 e. The number of nitrogens with zero attached hydrogens (tertiary/aromatic N) is 1. The predicted molar refractivity (Wildman–Crippen MR) is 87.1 cm³/mol. The number of halogens is 1. The molecule has 2 aromatic rings. The molecule has 0 spiro atoms. The van der Waals surface area contributed by atoms with Crippen molar-refractivity contribution in [2.45, 2.75) is 17.6 Å². The van der Waals surface area contributed by atoms with Gasteiger partial charge in [0.2, 0.25) is 0 Å². The van der Waals surface area contributed by atoms with Crippen LogP contribution in [0.5, 0.6) is 0 Å². The summed E-state index contributed by atoms with van der Waals surface area (Å²) < 4.78 is 41.0. The molecule has 0 atom stereocenters. The Kier molecular flexibility index (Phi) is 3.92. The SMILES string of the molecule is Cc1ccc2c(c1)NC(SCc1ccc(F)cc1)=NS2(=O)=O. The first-order valence-corrected chi connectivity index (χ1v) is 8.96. The number of hydrogen-bond acceptors (Lipinski definition) is 4. The van der Waals surface area contributed by atoms with Crippen LogP contribution in [-0.4, -0.2) is 13.6 Å². The van der Waals surface area contributed by atoms with E-state index in [-0.39, 0.29) is 10.7 Å². The van der Waals surface area contributed by atoms with E-state index in [0.29, 0.717) is 16.6 Å². The summed E-state index contributed by atoms with van der Waals surface area (Å²) in [6.07, 6.45) is 0. The molecule has 22 heavy (non-hydrogen) atoms. The van der Waals surface area contributed by atoms with Crippen LogP contribution in [0, 0.1) is 12.7 Å². The predicted octanol–water partition coefficient (Wildman–Crippen LogP) is 3.54. The molecule has 1 heterocycles. The fourth-order valence-electron chi connectivity index (χ4n) is 2.06. The number of aryl methyl sites for hydroxylation is 1. The summed E-state index contributed by atoms with van der Waals surface area (Å²) in [5.74, 6) is 0.205. The van der Waals surface area contributed by atoms with Crippen LogP contribution in [0.1, 0.15) is 11.1 Å². The van der Waals surface area contributed by atoms with Gasteiger partial charge in [-0.15, -0.1) is 4.40 Å². The summed E-state index contributed by atoms with van der Waals surface area (Å²) in [7, 11) is -3.67. The van der Waals surface area contributed by atoms with E-state index in [9.17, 15) is 12.8 Å². The number of fused-ring (bicyclic) bond motifs is 1. The monoisotopic (exact) mass is 336 g/mol. The maximum absolute atomic E-state index is 12.9. The van der Waals surface area contributed by atoms with Gasteiger partial charge in [0.15, 0.2) is 5.17 Å². The van der Waals surface area contributed by atoms with E-state index < -0.39 is 10.0 Å². The molecule has 0 saturated carbocycles. The van der Waals surface area contributed by atoms with Crippen molar-refractivity contribution in [2.75, 3.05) is 5.32 Å².